The first-order chi connectivity index (χ1) is 11.4. The van der Waals surface area contributed by atoms with Crippen LogP contribution in [-0.2, 0) is 0 Å². The summed E-state index contributed by atoms with van der Waals surface area (Å²) in [6.45, 7) is 12.4. The van der Waals surface area contributed by atoms with E-state index in [4.69, 9.17) is 0 Å². The van der Waals surface area contributed by atoms with E-state index in [1.165, 1.54) is 77.0 Å². The van der Waals surface area contributed by atoms with Crippen molar-refractivity contribution in [3.63, 3.8) is 0 Å². The first-order valence-electron chi connectivity index (χ1n) is 10.8. The molecule has 0 spiro atoms. The van der Waals surface area contributed by atoms with Gasteiger partial charge < -0.3 is 0 Å². The fraction of sp³-hybridized carbons (Fsp3) is 0.826. The highest BCUT2D eigenvalue weighted by molar-refractivity contribution is 6.65. The first kappa shape index (κ1) is 20.0. The van der Waals surface area contributed by atoms with Gasteiger partial charge in [-0.05, 0) is 36.2 Å². The molecule has 0 amide bonds. The minimum Gasteiger partial charge on any atom is -0.0812 e. The largest absolute Gasteiger partial charge is 0.0812 e. The molecule has 0 N–H and O–H groups in total. The maximum atomic E-state index is 2.63. The van der Waals surface area contributed by atoms with E-state index in [1.807, 2.05) is 5.57 Å². The quantitative estimate of drug-likeness (QED) is 0.451. The predicted molar refractivity (Wildman–Crippen MR) is 112 cm³/mol. The minimum absolute atomic E-state index is 0.332. The lowest BCUT2D eigenvalue weighted by molar-refractivity contribution is 0.420. The van der Waals surface area contributed by atoms with Gasteiger partial charge in [0.05, 0.1) is 8.80 Å². The maximum absolute atomic E-state index is 2.63. The van der Waals surface area contributed by atoms with Gasteiger partial charge in [-0.15, -0.1) is 0 Å². The van der Waals surface area contributed by atoms with Gasteiger partial charge in [-0.1, -0.05) is 108 Å². The van der Waals surface area contributed by atoms with Crippen molar-refractivity contribution in [2.45, 2.75) is 111 Å². The fourth-order valence-corrected chi connectivity index (χ4v) is 6.72. The Bertz CT molecular complexity index is 435. The Morgan fingerprint density at radius 3 is 1.67 bits per heavy atom. The van der Waals surface area contributed by atoms with Crippen molar-refractivity contribution in [2.24, 2.45) is 11.3 Å². The number of hydrogen-bond donors (Lipinski definition) is 0. The summed E-state index contributed by atoms with van der Waals surface area (Å²) in [7, 11) is -0.720. The summed E-state index contributed by atoms with van der Waals surface area (Å²) in [5.41, 5.74) is 3.98. The maximum Gasteiger partial charge on any atom is 0.0647 e. The van der Waals surface area contributed by atoms with Crippen LogP contribution in [0.1, 0.15) is 97.8 Å². The van der Waals surface area contributed by atoms with Gasteiger partial charge in [-0.25, -0.2) is 0 Å². The van der Waals surface area contributed by atoms with Crippen LogP contribution in [0.25, 0.3) is 0 Å². The van der Waals surface area contributed by atoms with Crippen LogP contribution in [0.2, 0.25) is 13.1 Å². The molecule has 0 saturated heterocycles. The van der Waals surface area contributed by atoms with Gasteiger partial charge in [0.25, 0.3) is 0 Å². The lowest BCUT2D eigenvalue weighted by Gasteiger charge is -2.30. The van der Waals surface area contributed by atoms with Crippen LogP contribution in [0.3, 0.4) is 0 Å². The van der Waals surface area contributed by atoms with Crippen LogP contribution in [-0.4, -0.2) is 8.80 Å². The van der Waals surface area contributed by atoms with E-state index < -0.39 is 8.80 Å². The normalized spacial score (nSPS) is 23.2. The number of hydrogen-bond acceptors (Lipinski definition) is 0. The molecule has 0 nitrogen and oxygen atoms in total. The molecular formula is C23H42Si. The second kappa shape index (κ2) is 9.41. The highest BCUT2D eigenvalue weighted by atomic mass is 28.3. The highest BCUT2D eigenvalue weighted by Crippen LogP contribution is 2.45. The Kier molecular flexibility index (Phi) is 7.85. The Morgan fingerprint density at radius 1 is 0.792 bits per heavy atom. The van der Waals surface area contributed by atoms with E-state index in [2.05, 4.69) is 39.9 Å². The molecule has 0 heterocycles. The third-order valence-corrected chi connectivity index (χ3v) is 7.89. The Morgan fingerprint density at radius 2 is 1.25 bits per heavy atom. The van der Waals surface area contributed by atoms with E-state index in [0.29, 0.717) is 5.41 Å². The second-order valence-corrected chi connectivity index (χ2v) is 12.6. The van der Waals surface area contributed by atoms with Gasteiger partial charge in [0.1, 0.15) is 0 Å². The van der Waals surface area contributed by atoms with Crippen molar-refractivity contribution >= 4 is 8.80 Å². The summed E-state index contributed by atoms with van der Waals surface area (Å²) in [5.74, 6) is 0.875. The number of allylic oxidation sites excluding steroid dienone is 4. The van der Waals surface area contributed by atoms with Gasteiger partial charge in [-0.2, -0.15) is 0 Å². The van der Waals surface area contributed by atoms with E-state index in [1.54, 1.807) is 10.8 Å². The summed E-state index contributed by atoms with van der Waals surface area (Å²) in [5, 5.41) is 1.80. The molecule has 0 aromatic heterocycles. The van der Waals surface area contributed by atoms with Crippen LogP contribution in [0.15, 0.2) is 22.4 Å². The van der Waals surface area contributed by atoms with E-state index in [9.17, 15) is 0 Å². The first-order valence-corrected chi connectivity index (χ1v) is 13.7. The van der Waals surface area contributed by atoms with Crippen LogP contribution in [0.5, 0.6) is 0 Å². The third kappa shape index (κ3) is 5.61. The average molecular weight is 347 g/mol. The van der Waals surface area contributed by atoms with Crippen molar-refractivity contribution in [1.29, 1.82) is 0 Å². The number of rotatable bonds is 2. The zero-order chi connectivity index (χ0) is 17.6. The van der Waals surface area contributed by atoms with Crippen LogP contribution in [0.4, 0.5) is 0 Å². The van der Waals surface area contributed by atoms with Crippen LogP contribution in [0, 0.1) is 11.3 Å². The van der Waals surface area contributed by atoms with Gasteiger partial charge in [0.15, 0.2) is 0 Å². The highest BCUT2D eigenvalue weighted by Gasteiger charge is 2.32. The molecule has 0 unspecified atom stereocenters. The molecule has 0 radical (unpaired) electrons. The van der Waals surface area contributed by atoms with Crippen molar-refractivity contribution < 1.29 is 0 Å². The molecule has 2 aliphatic carbocycles. The summed E-state index contributed by atoms with van der Waals surface area (Å²) < 4.78 is 0. The zero-order valence-electron chi connectivity index (χ0n) is 17.2. The molecule has 2 rings (SSSR count). The Hall–Kier alpha value is -0.303. The van der Waals surface area contributed by atoms with Gasteiger partial charge in [-0.3, -0.25) is 0 Å². The third-order valence-electron chi connectivity index (χ3n) is 6.12. The summed E-state index contributed by atoms with van der Waals surface area (Å²) in [6.07, 6.45) is 20.0. The van der Waals surface area contributed by atoms with Crippen LogP contribution >= 0.6 is 0 Å². The van der Waals surface area contributed by atoms with Crippen molar-refractivity contribution in [3.05, 3.63) is 22.4 Å². The predicted octanol–water partition coefficient (Wildman–Crippen LogP) is 7.61. The molecule has 2 aliphatic rings. The lowest BCUT2D eigenvalue weighted by atomic mass is 9.78. The van der Waals surface area contributed by atoms with Gasteiger partial charge in [0.2, 0.25) is 0 Å². The molecular weight excluding hydrogens is 304 g/mol. The molecule has 0 atom stereocenters. The standard InChI is InChI=1S/C23H42Si/c1-23(2,3)22-20(17-18-21(22)24(4)5)19-15-13-11-9-7-6-8-10-12-14-16-19/h18-19,24H,6-17H2,1-5H3. The summed E-state index contributed by atoms with van der Waals surface area (Å²) >= 11 is 0. The molecule has 138 valence electrons. The fourth-order valence-electron chi connectivity index (χ4n) is 4.93. The minimum atomic E-state index is -0.720. The monoisotopic (exact) mass is 346 g/mol. The molecule has 0 aromatic rings. The lowest BCUT2D eigenvalue weighted by Crippen LogP contribution is -2.20. The van der Waals surface area contributed by atoms with Crippen molar-refractivity contribution in [3.8, 4) is 0 Å². The van der Waals surface area contributed by atoms with Gasteiger partial charge >= 0.3 is 0 Å². The average Bonchev–Trinajstić information content (AvgIpc) is 2.93. The molecule has 1 heteroatoms. The Labute approximate surface area is 153 Å². The molecule has 0 aliphatic heterocycles. The van der Waals surface area contributed by atoms with E-state index >= 15 is 0 Å². The van der Waals surface area contributed by atoms with Crippen molar-refractivity contribution in [2.75, 3.05) is 0 Å². The van der Waals surface area contributed by atoms with E-state index in [-0.39, 0.29) is 0 Å². The smallest absolute Gasteiger partial charge is 0.0647 e. The SMILES string of the molecule is C[SiH](C)C1=CCC(C2CCCCCCCCCCC2)=C1C(C)(C)C. The van der Waals surface area contributed by atoms with Crippen molar-refractivity contribution in [1.82, 2.24) is 0 Å². The zero-order valence-corrected chi connectivity index (χ0v) is 18.4. The van der Waals surface area contributed by atoms with Gasteiger partial charge in [0, 0.05) is 0 Å². The molecule has 24 heavy (non-hydrogen) atoms. The van der Waals surface area contributed by atoms with Crippen LogP contribution < -0.4 is 0 Å². The molecule has 1 saturated carbocycles. The summed E-state index contributed by atoms with van der Waals surface area (Å²) in [4.78, 5) is 0. The Balaban J connectivity index is 2.18. The second-order valence-electron chi connectivity index (χ2n) is 9.62. The molecule has 1 fully saturated rings. The topological polar surface area (TPSA) is 0 Å². The molecule has 0 bridgehead atoms. The molecule has 0 aromatic carbocycles. The van der Waals surface area contributed by atoms with E-state index in [0.717, 1.165) is 5.92 Å². The summed E-state index contributed by atoms with van der Waals surface area (Å²) in [6, 6.07) is 0.